The number of halogens is 1. The predicted molar refractivity (Wildman–Crippen MR) is 75.9 cm³/mol. The molecule has 1 aromatic carbocycles. The number of likely N-dealkylation sites (N-methyl/N-ethyl adjacent to an activating group) is 1. The second-order valence-corrected chi connectivity index (χ2v) is 4.35. The molecule has 0 heterocycles. The summed E-state index contributed by atoms with van der Waals surface area (Å²) in [6.07, 6.45) is 1.02. The molecule has 0 aromatic heterocycles. The fourth-order valence-corrected chi connectivity index (χ4v) is 1.85. The van der Waals surface area contributed by atoms with Crippen molar-refractivity contribution in [2.45, 2.75) is 13.3 Å². The van der Waals surface area contributed by atoms with Crippen LogP contribution in [0.3, 0.4) is 0 Å². The minimum absolute atomic E-state index is 0.663. The molecule has 0 atom stereocenters. The van der Waals surface area contributed by atoms with E-state index in [1.54, 1.807) is 7.11 Å². The fourth-order valence-electron chi connectivity index (χ4n) is 1.73. The number of para-hydroxylation sites is 2. The van der Waals surface area contributed by atoms with Crippen molar-refractivity contribution in [3.05, 3.63) is 24.3 Å². The van der Waals surface area contributed by atoms with Crippen molar-refractivity contribution in [2.75, 3.05) is 39.2 Å². The largest absolute Gasteiger partial charge is 0.493 e. The molecule has 1 aromatic rings. The Bertz CT molecular complexity index is 333. The van der Waals surface area contributed by atoms with Crippen LogP contribution in [-0.4, -0.2) is 44.1 Å². The number of hydrogen-bond donors (Lipinski definition) is 0. The summed E-state index contributed by atoms with van der Waals surface area (Å²) in [6.45, 7) is 5.76. The molecule has 0 aliphatic rings. The molecule has 0 spiro atoms. The highest BCUT2D eigenvalue weighted by Crippen LogP contribution is 2.25. The molecule has 0 saturated carbocycles. The first-order valence-electron chi connectivity index (χ1n) is 6.36. The number of alkyl halides is 1. The second kappa shape index (κ2) is 9.06. The Kier molecular flexibility index (Phi) is 7.62. The average Bonchev–Trinajstić information content (AvgIpc) is 2.43. The average molecular weight is 272 g/mol. The van der Waals surface area contributed by atoms with Gasteiger partial charge in [0, 0.05) is 12.4 Å². The zero-order valence-electron chi connectivity index (χ0n) is 11.2. The quantitative estimate of drug-likeness (QED) is 0.645. The lowest BCUT2D eigenvalue weighted by Crippen LogP contribution is -2.29. The third kappa shape index (κ3) is 5.15. The molecule has 0 amide bonds. The van der Waals surface area contributed by atoms with Crippen LogP contribution in [0.15, 0.2) is 24.3 Å². The lowest BCUT2D eigenvalue weighted by atomic mass is 10.3. The molecule has 0 bridgehead atoms. The highest BCUT2D eigenvalue weighted by atomic mass is 35.5. The summed E-state index contributed by atoms with van der Waals surface area (Å²) in [5.74, 6) is 2.29. The van der Waals surface area contributed by atoms with Gasteiger partial charge in [0.15, 0.2) is 11.5 Å². The molecule has 4 heteroatoms. The van der Waals surface area contributed by atoms with Gasteiger partial charge in [-0.1, -0.05) is 19.1 Å². The van der Waals surface area contributed by atoms with Crippen LogP contribution in [0.1, 0.15) is 13.3 Å². The normalized spacial score (nSPS) is 10.7. The van der Waals surface area contributed by atoms with Gasteiger partial charge < -0.3 is 14.4 Å². The van der Waals surface area contributed by atoms with Gasteiger partial charge in [-0.2, -0.15) is 0 Å². The first kappa shape index (κ1) is 15.1. The topological polar surface area (TPSA) is 21.7 Å². The monoisotopic (exact) mass is 271 g/mol. The van der Waals surface area contributed by atoms with E-state index in [0.717, 1.165) is 37.6 Å². The standard InChI is InChI=1S/C14H22ClNO2/c1-3-16(10-6-9-15)11-12-18-14-8-5-4-7-13(14)17-2/h4-5,7-8H,3,6,9-12H2,1-2H3. The highest BCUT2D eigenvalue weighted by molar-refractivity contribution is 6.17. The van der Waals surface area contributed by atoms with Crippen LogP contribution in [0, 0.1) is 0 Å². The van der Waals surface area contributed by atoms with Crippen LogP contribution in [-0.2, 0) is 0 Å². The van der Waals surface area contributed by atoms with Gasteiger partial charge in [0.2, 0.25) is 0 Å². The smallest absolute Gasteiger partial charge is 0.161 e. The van der Waals surface area contributed by atoms with Gasteiger partial charge in [0.1, 0.15) is 6.61 Å². The van der Waals surface area contributed by atoms with Crippen LogP contribution in [0.5, 0.6) is 11.5 Å². The maximum atomic E-state index is 5.74. The lowest BCUT2D eigenvalue weighted by Gasteiger charge is -2.20. The van der Waals surface area contributed by atoms with E-state index in [4.69, 9.17) is 21.1 Å². The molecule has 0 fully saturated rings. The molecule has 102 valence electrons. The third-order valence-electron chi connectivity index (χ3n) is 2.79. The van der Waals surface area contributed by atoms with E-state index in [0.29, 0.717) is 12.5 Å². The summed E-state index contributed by atoms with van der Waals surface area (Å²) in [4.78, 5) is 2.33. The van der Waals surface area contributed by atoms with Crippen LogP contribution < -0.4 is 9.47 Å². The van der Waals surface area contributed by atoms with E-state index in [1.807, 2.05) is 24.3 Å². The summed E-state index contributed by atoms with van der Waals surface area (Å²) in [6, 6.07) is 7.71. The van der Waals surface area contributed by atoms with Crippen LogP contribution >= 0.6 is 11.6 Å². The molecule has 0 aliphatic heterocycles. The third-order valence-corrected chi connectivity index (χ3v) is 3.06. The SMILES string of the molecule is CCN(CCCCl)CCOc1ccccc1OC. The zero-order valence-corrected chi connectivity index (χ0v) is 11.9. The lowest BCUT2D eigenvalue weighted by molar-refractivity contribution is 0.211. The van der Waals surface area contributed by atoms with Crippen molar-refractivity contribution >= 4 is 11.6 Å². The van der Waals surface area contributed by atoms with Crippen molar-refractivity contribution in [2.24, 2.45) is 0 Å². The van der Waals surface area contributed by atoms with E-state index in [-0.39, 0.29) is 0 Å². The molecule has 3 nitrogen and oxygen atoms in total. The van der Waals surface area contributed by atoms with Gasteiger partial charge in [0.25, 0.3) is 0 Å². The Morgan fingerprint density at radius 3 is 2.50 bits per heavy atom. The summed E-state index contributed by atoms with van der Waals surface area (Å²) in [7, 11) is 1.65. The summed E-state index contributed by atoms with van der Waals surface area (Å²) >= 11 is 5.70. The van der Waals surface area contributed by atoms with Crippen LogP contribution in [0.25, 0.3) is 0 Å². The number of benzene rings is 1. The number of hydrogen-bond acceptors (Lipinski definition) is 3. The first-order chi connectivity index (χ1) is 8.81. The maximum absolute atomic E-state index is 5.74. The molecule has 18 heavy (non-hydrogen) atoms. The number of nitrogens with zero attached hydrogens (tertiary/aromatic N) is 1. The molecule has 0 radical (unpaired) electrons. The zero-order chi connectivity index (χ0) is 13.2. The van der Waals surface area contributed by atoms with E-state index < -0.39 is 0 Å². The van der Waals surface area contributed by atoms with Crippen LogP contribution in [0.2, 0.25) is 0 Å². The minimum Gasteiger partial charge on any atom is -0.493 e. The summed E-state index contributed by atoms with van der Waals surface area (Å²) < 4.78 is 11.0. The van der Waals surface area contributed by atoms with Gasteiger partial charge in [-0.25, -0.2) is 0 Å². The first-order valence-corrected chi connectivity index (χ1v) is 6.89. The van der Waals surface area contributed by atoms with Crippen molar-refractivity contribution in [3.8, 4) is 11.5 Å². The Hall–Kier alpha value is -0.930. The second-order valence-electron chi connectivity index (χ2n) is 3.98. The molecule has 0 N–H and O–H groups in total. The Morgan fingerprint density at radius 1 is 1.17 bits per heavy atom. The van der Waals surface area contributed by atoms with Gasteiger partial charge in [-0.05, 0) is 31.6 Å². The molecule has 0 aliphatic carbocycles. The Balaban J connectivity index is 2.35. The van der Waals surface area contributed by atoms with E-state index >= 15 is 0 Å². The predicted octanol–water partition coefficient (Wildman–Crippen LogP) is 3.02. The van der Waals surface area contributed by atoms with E-state index in [9.17, 15) is 0 Å². The number of rotatable bonds is 9. The maximum Gasteiger partial charge on any atom is 0.161 e. The van der Waals surface area contributed by atoms with Gasteiger partial charge >= 0.3 is 0 Å². The van der Waals surface area contributed by atoms with E-state index in [1.165, 1.54) is 0 Å². The van der Waals surface area contributed by atoms with Gasteiger partial charge in [-0.3, -0.25) is 0 Å². The highest BCUT2D eigenvalue weighted by Gasteiger charge is 2.05. The summed E-state index contributed by atoms with van der Waals surface area (Å²) in [5, 5.41) is 0. The molecular formula is C14H22ClNO2. The van der Waals surface area contributed by atoms with Crippen molar-refractivity contribution < 1.29 is 9.47 Å². The van der Waals surface area contributed by atoms with Crippen LogP contribution in [0.4, 0.5) is 0 Å². The minimum atomic E-state index is 0.663. The van der Waals surface area contributed by atoms with Gasteiger partial charge in [0.05, 0.1) is 7.11 Å². The molecule has 0 unspecified atom stereocenters. The Morgan fingerprint density at radius 2 is 1.89 bits per heavy atom. The fraction of sp³-hybridized carbons (Fsp3) is 0.571. The van der Waals surface area contributed by atoms with Crippen molar-refractivity contribution in [1.82, 2.24) is 4.90 Å². The van der Waals surface area contributed by atoms with Gasteiger partial charge in [-0.15, -0.1) is 11.6 Å². The number of methoxy groups -OCH3 is 1. The van der Waals surface area contributed by atoms with Crippen molar-refractivity contribution in [3.63, 3.8) is 0 Å². The van der Waals surface area contributed by atoms with Crippen molar-refractivity contribution in [1.29, 1.82) is 0 Å². The molecule has 1 rings (SSSR count). The number of ether oxygens (including phenoxy) is 2. The van der Waals surface area contributed by atoms with E-state index in [2.05, 4.69) is 11.8 Å². The Labute approximate surface area is 115 Å². The summed E-state index contributed by atoms with van der Waals surface area (Å²) in [5.41, 5.74) is 0. The molecular weight excluding hydrogens is 250 g/mol. The molecule has 0 saturated heterocycles.